The van der Waals surface area contributed by atoms with E-state index >= 15 is 0 Å². The predicted octanol–water partition coefficient (Wildman–Crippen LogP) is 6.93. The van der Waals surface area contributed by atoms with Gasteiger partial charge in [0, 0.05) is 16.3 Å². The van der Waals surface area contributed by atoms with Gasteiger partial charge in [-0.3, -0.25) is 4.74 Å². The number of benzene rings is 4. The van der Waals surface area contributed by atoms with E-state index in [2.05, 4.69) is 18.2 Å². The Morgan fingerprint density at radius 3 is 1.92 bits per heavy atom. The molecule has 37 heavy (non-hydrogen) atoms. The number of hydrogen-bond donors (Lipinski definition) is 0. The molecular formula is C31H33N2O4. The van der Waals surface area contributed by atoms with Crippen molar-refractivity contribution in [1.29, 1.82) is 0 Å². The molecule has 1 heterocycles. The van der Waals surface area contributed by atoms with Gasteiger partial charge in [-0.25, -0.2) is 0 Å². The van der Waals surface area contributed by atoms with Crippen LogP contribution < -0.4 is 9.47 Å². The van der Waals surface area contributed by atoms with Gasteiger partial charge in [0.25, 0.3) is 0 Å². The molecule has 191 valence electrons. The van der Waals surface area contributed by atoms with Crippen molar-refractivity contribution in [1.82, 2.24) is 5.06 Å². The molecule has 4 aromatic carbocycles. The second-order valence-electron chi connectivity index (χ2n) is 10.4. The first-order chi connectivity index (χ1) is 17.6. The van der Waals surface area contributed by atoms with Gasteiger partial charge < -0.3 is 14.7 Å². The maximum atomic E-state index is 13.3. The van der Waals surface area contributed by atoms with Gasteiger partial charge in [-0.2, -0.15) is 0 Å². The molecule has 6 heteroatoms. The van der Waals surface area contributed by atoms with E-state index in [9.17, 15) is 10.4 Å². The van der Waals surface area contributed by atoms with Crippen molar-refractivity contribution in [3.05, 3.63) is 77.5 Å². The van der Waals surface area contributed by atoms with Crippen LogP contribution >= 0.6 is 0 Å². The van der Waals surface area contributed by atoms with Gasteiger partial charge in [0.2, 0.25) is 0 Å². The first kappa shape index (κ1) is 24.9. The Hall–Kier alpha value is -3.77. The summed E-state index contributed by atoms with van der Waals surface area (Å²) in [5.74, 6) is 1.67. The van der Waals surface area contributed by atoms with Crippen LogP contribution in [-0.4, -0.2) is 39.9 Å². The summed E-state index contributed by atoms with van der Waals surface area (Å²) in [5, 5.41) is 31.5. The lowest BCUT2D eigenvalue weighted by atomic mass is 9.84. The zero-order valence-corrected chi connectivity index (χ0v) is 22.3. The second kappa shape index (κ2) is 8.96. The first-order valence-corrected chi connectivity index (χ1v) is 12.8. The van der Waals surface area contributed by atoms with Crippen LogP contribution in [0.3, 0.4) is 0 Å². The van der Waals surface area contributed by atoms with Crippen LogP contribution in [0.5, 0.6) is 11.5 Å². The molecule has 0 bridgehead atoms. The molecule has 0 amide bonds. The third kappa shape index (κ3) is 3.70. The zero-order valence-electron chi connectivity index (χ0n) is 22.3. The molecule has 0 N–H and O–H groups in total. The molecule has 6 nitrogen and oxygen atoms in total. The van der Waals surface area contributed by atoms with Crippen LogP contribution in [0.15, 0.2) is 66.7 Å². The first-order valence-electron chi connectivity index (χ1n) is 12.8. The van der Waals surface area contributed by atoms with E-state index in [0.29, 0.717) is 18.8 Å². The lowest BCUT2D eigenvalue weighted by Gasteiger charge is -2.32. The number of ether oxygens (including phenoxy) is 2. The molecule has 1 radical (unpaired) electrons. The Balaban J connectivity index is 1.80. The van der Waals surface area contributed by atoms with E-state index in [0.717, 1.165) is 54.0 Å². The molecule has 4 aromatic rings. The summed E-state index contributed by atoms with van der Waals surface area (Å²) in [7, 11) is 0. The van der Waals surface area contributed by atoms with Crippen LogP contribution in [0.4, 0.5) is 0 Å². The van der Waals surface area contributed by atoms with Crippen molar-refractivity contribution in [3.8, 4) is 22.6 Å². The summed E-state index contributed by atoms with van der Waals surface area (Å²) in [5.41, 5.74) is 0.736. The number of hydrogen-bond acceptors (Lipinski definition) is 4. The minimum atomic E-state index is -0.877. The number of hydroxylamine groups is 3. The molecule has 0 saturated heterocycles. The summed E-state index contributed by atoms with van der Waals surface area (Å²) in [6.45, 7) is 12.2. The fraction of sp³-hybridized carbons (Fsp3) is 0.323. The Morgan fingerprint density at radius 2 is 1.35 bits per heavy atom. The molecule has 0 spiro atoms. The van der Waals surface area contributed by atoms with E-state index in [1.807, 2.05) is 62.4 Å². The van der Waals surface area contributed by atoms with Crippen molar-refractivity contribution in [3.63, 3.8) is 0 Å². The number of rotatable bonds is 6. The highest BCUT2D eigenvalue weighted by atomic mass is 16.5. The summed E-state index contributed by atoms with van der Waals surface area (Å²) >= 11 is 0. The van der Waals surface area contributed by atoms with E-state index in [1.165, 1.54) is 0 Å². The molecule has 0 fully saturated rings. The minimum Gasteiger partial charge on any atom is -0.714 e. The number of amidine groups is 1. The number of fused-ring (bicyclic) bond motifs is 2. The van der Waals surface area contributed by atoms with Gasteiger partial charge in [-0.15, -0.1) is 0 Å². The van der Waals surface area contributed by atoms with E-state index < -0.39 is 11.1 Å². The maximum absolute atomic E-state index is 13.3. The van der Waals surface area contributed by atoms with Crippen LogP contribution in [0.1, 0.15) is 47.1 Å². The maximum Gasteiger partial charge on any atom is 0.316 e. The molecule has 1 aliphatic rings. The van der Waals surface area contributed by atoms with Crippen molar-refractivity contribution >= 4 is 27.4 Å². The van der Waals surface area contributed by atoms with Gasteiger partial charge in [0.1, 0.15) is 17.0 Å². The molecule has 0 atom stereocenters. The molecule has 0 saturated carbocycles. The quantitative estimate of drug-likeness (QED) is 0.214. The highest BCUT2D eigenvalue weighted by Gasteiger charge is 2.59. The fourth-order valence-corrected chi connectivity index (χ4v) is 5.11. The molecule has 0 unspecified atom stereocenters. The average Bonchev–Trinajstić information content (AvgIpc) is 3.00. The molecular weight excluding hydrogens is 464 g/mol. The fourth-order valence-electron chi connectivity index (χ4n) is 5.11. The van der Waals surface area contributed by atoms with E-state index in [4.69, 9.17) is 9.47 Å². The van der Waals surface area contributed by atoms with Crippen molar-refractivity contribution in [2.45, 2.75) is 52.6 Å². The van der Waals surface area contributed by atoms with E-state index in [1.54, 1.807) is 27.7 Å². The Morgan fingerprint density at radius 1 is 0.784 bits per heavy atom. The lowest BCUT2D eigenvalue weighted by Crippen LogP contribution is -2.53. The molecule has 5 rings (SSSR count). The lowest BCUT2D eigenvalue weighted by molar-refractivity contribution is -0.539. The van der Waals surface area contributed by atoms with Crippen molar-refractivity contribution < 1.29 is 19.4 Å². The highest BCUT2D eigenvalue weighted by molar-refractivity contribution is 6.11. The molecule has 0 aromatic heterocycles. The van der Waals surface area contributed by atoms with Gasteiger partial charge in [0.15, 0.2) is 5.54 Å². The summed E-state index contributed by atoms with van der Waals surface area (Å²) in [4.78, 5) is 0. The Bertz CT molecular complexity index is 1540. The van der Waals surface area contributed by atoms with E-state index in [-0.39, 0.29) is 5.84 Å². The minimum absolute atomic E-state index is 0.132. The zero-order chi connectivity index (χ0) is 26.5. The highest BCUT2D eigenvalue weighted by Crippen LogP contribution is 2.46. The number of nitrogens with zero attached hydrogens (tertiary/aromatic N) is 2. The van der Waals surface area contributed by atoms with Gasteiger partial charge in [-0.1, -0.05) is 47.5 Å². The molecule has 0 aliphatic carbocycles. The van der Waals surface area contributed by atoms with Gasteiger partial charge in [-0.05, 0) is 87.4 Å². The summed E-state index contributed by atoms with van der Waals surface area (Å²) in [6.07, 6.45) is 0. The van der Waals surface area contributed by atoms with Gasteiger partial charge >= 0.3 is 5.84 Å². The third-order valence-corrected chi connectivity index (χ3v) is 7.88. The smallest absolute Gasteiger partial charge is 0.316 e. The third-order valence-electron chi connectivity index (χ3n) is 7.88. The SMILES string of the molecule is CCOc1ccc2ccccc2c1-c1c(OCC)ccc2cc(C3=[N+]([O-])C(C)(C)C(C)(C)N3[O])ccc12. The predicted molar refractivity (Wildman–Crippen MR) is 148 cm³/mol. The van der Waals surface area contributed by atoms with Gasteiger partial charge in [0.05, 0.1) is 18.8 Å². The Labute approximate surface area is 217 Å². The summed E-state index contributed by atoms with van der Waals surface area (Å²) in [6, 6.07) is 22.0. The second-order valence-corrected chi connectivity index (χ2v) is 10.4. The summed E-state index contributed by atoms with van der Waals surface area (Å²) < 4.78 is 13.1. The average molecular weight is 498 g/mol. The molecule has 1 aliphatic heterocycles. The van der Waals surface area contributed by atoms with Crippen molar-refractivity contribution in [2.75, 3.05) is 13.2 Å². The van der Waals surface area contributed by atoms with Crippen LogP contribution in [0.25, 0.3) is 32.7 Å². The van der Waals surface area contributed by atoms with Crippen LogP contribution in [-0.2, 0) is 5.21 Å². The van der Waals surface area contributed by atoms with Crippen LogP contribution in [0.2, 0.25) is 0 Å². The largest absolute Gasteiger partial charge is 0.714 e. The normalized spacial score (nSPS) is 16.6. The standard InChI is InChI=1S/C31H33N2O4/c1-7-36-25-17-14-20-11-9-10-12-23(20)27(25)28-24-16-13-22(19-21(24)15-18-26(28)37-8-2)29-32(34)30(3,4)31(5,6)33(29)35/h9-19H,7-8H2,1-6H3. The topological polar surface area (TPSA) is 67.7 Å². The monoisotopic (exact) mass is 497 g/mol. The Kier molecular flexibility index (Phi) is 6.03. The van der Waals surface area contributed by atoms with Crippen LogP contribution in [0, 0.1) is 5.21 Å². The van der Waals surface area contributed by atoms with Crippen molar-refractivity contribution in [2.24, 2.45) is 0 Å².